The van der Waals surface area contributed by atoms with Gasteiger partial charge in [0.2, 0.25) is 0 Å². The second-order valence-electron chi connectivity index (χ2n) is 5.19. The van der Waals surface area contributed by atoms with Crippen molar-refractivity contribution in [2.24, 2.45) is 0 Å². The summed E-state index contributed by atoms with van der Waals surface area (Å²) in [5, 5.41) is 3.39. The fraction of sp³-hybridized carbons (Fsp3) is 0.294. The van der Waals surface area contributed by atoms with Crippen molar-refractivity contribution in [3.8, 4) is 0 Å². The van der Waals surface area contributed by atoms with Crippen LogP contribution >= 0.6 is 0 Å². The number of aryl methyl sites for hydroxylation is 1. The van der Waals surface area contributed by atoms with E-state index >= 15 is 0 Å². The molecule has 20 heavy (non-hydrogen) atoms. The zero-order valence-corrected chi connectivity index (χ0v) is 12.0. The Bertz CT molecular complexity index is 578. The summed E-state index contributed by atoms with van der Waals surface area (Å²) in [6.45, 7) is 6.05. The first-order chi connectivity index (χ1) is 9.47. The van der Waals surface area contributed by atoms with Gasteiger partial charge in [0.25, 0.3) is 0 Å². The molecule has 1 N–H and O–H groups in total. The molecule has 1 unspecified atom stereocenters. The van der Waals surface area contributed by atoms with Gasteiger partial charge in [0.15, 0.2) is 11.6 Å². The Morgan fingerprint density at radius 3 is 1.95 bits per heavy atom. The van der Waals surface area contributed by atoms with Gasteiger partial charge in [-0.05, 0) is 44.0 Å². The lowest BCUT2D eigenvalue weighted by Crippen LogP contribution is -2.22. The zero-order valence-electron chi connectivity index (χ0n) is 12.0. The maximum atomic E-state index is 13.2. The number of nitrogens with one attached hydrogen (secondary N) is 1. The van der Waals surface area contributed by atoms with E-state index in [2.05, 4.69) is 36.5 Å². The van der Waals surface area contributed by atoms with Gasteiger partial charge in [-0.1, -0.05) is 35.9 Å². The van der Waals surface area contributed by atoms with Crippen LogP contribution in [0.2, 0.25) is 0 Å². The van der Waals surface area contributed by atoms with Gasteiger partial charge < -0.3 is 5.32 Å². The van der Waals surface area contributed by atoms with E-state index in [0.29, 0.717) is 0 Å². The zero-order chi connectivity index (χ0) is 14.7. The first-order valence-electron chi connectivity index (χ1n) is 6.75. The van der Waals surface area contributed by atoms with Crippen LogP contribution in [-0.2, 0) is 0 Å². The summed E-state index contributed by atoms with van der Waals surface area (Å²) < 4.78 is 26.2. The SMILES string of the molecule is Cc1ccc([C@H](C)NC(C)c2ccc(F)c(F)c2)cc1. The summed E-state index contributed by atoms with van der Waals surface area (Å²) in [5.41, 5.74) is 3.13. The van der Waals surface area contributed by atoms with Gasteiger partial charge in [0, 0.05) is 12.1 Å². The topological polar surface area (TPSA) is 12.0 Å². The second-order valence-corrected chi connectivity index (χ2v) is 5.19. The molecule has 0 heterocycles. The maximum Gasteiger partial charge on any atom is 0.159 e. The highest BCUT2D eigenvalue weighted by atomic mass is 19.2. The molecule has 0 aliphatic heterocycles. The van der Waals surface area contributed by atoms with E-state index in [-0.39, 0.29) is 12.1 Å². The first kappa shape index (κ1) is 14.7. The molecule has 3 heteroatoms. The first-order valence-corrected chi connectivity index (χ1v) is 6.75. The molecular formula is C17H19F2N. The minimum atomic E-state index is -0.812. The number of rotatable bonds is 4. The van der Waals surface area contributed by atoms with Gasteiger partial charge in [-0.2, -0.15) is 0 Å². The van der Waals surface area contributed by atoms with Crippen molar-refractivity contribution in [1.82, 2.24) is 5.32 Å². The molecule has 0 amide bonds. The summed E-state index contributed by atoms with van der Waals surface area (Å²) in [5.74, 6) is -1.62. The maximum absolute atomic E-state index is 13.2. The van der Waals surface area contributed by atoms with Crippen LogP contribution in [0.15, 0.2) is 42.5 Å². The highest BCUT2D eigenvalue weighted by molar-refractivity contribution is 5.25. The lowest BCUT2D eigenvalue weighted by atomic mass is 10.0. The van der Waals surface area contributed by atoms with E-state index in [9.17, 15) is 8.78 Å². The molecule has 0 spiro atoms. The summed E-state index contributed by atoms with van der Waals surface area (Å²) in [7, 11) is 0. The predicted molar refractivity (Wildman–Crippen MR) is 77.5 cm³/mol. The molecule has 2 rings (SSSR count). The lowest BCUT2D eigenvalue weighted by molar-refractivity contribution is 0.480. The molecule has 0 saturated carbocycles. The van der Waals surface area contributed by atoms with Crippen LogP contribution in [0, 0.1) is 18.6 Å². The molecule has 2 aromatic carbocycles. The second kappa shape index (κ2) is 6.14. The molecule has 2 atom stereocenters. The van der Waals surface area contributed by atoms with E-state index < -0.39 is 11.6 Å². The van der Waals surface area contributed by atoms with Crippen molar-refractivity contribution in [3.63, 3.8) is 0 Å². The number of halogens is 2. The van der Waals surface area contributed by atoms with Crippen molar-refractivity contribution in [2.75, 3.05) is 0 Å². The Morgan fingerprint density at radius 2 is 1.35 bits per heavy atom. The van der Waals surface area contributed by atoms with Crippen LogP contribution < -0.4 is 5.32 Å². The molecular weight excluding hydrogens is 256 g/mol. The fourth-order valence-corrected chi connectivity index (χ4v) is 2.20. The van der Waals surface area contributed by atoms with E-state index in [1.807, 2.05) is 13.8 Å². The smallest absolute Gasteiger partial charge is 0.159 e. The Morgan fingerprint density at radius 1 is 0.800 bits per heavy atom. The van der Waals surface area contributed by atoms with E-state index in [0.717, 1.165) is 5.56 Å². The normalized spacial score (nSPS) is 14.1. The van der Waals surface area contributed by atoms with Crippen molar-refractivity contribution in [1.29, 1.82) is 0 Å². The number of hydrogen-bond acceptors (Lipinski definition) is 1. The average Bonchev–Trinajstić information content (AvgIpc) is 2.42. The lowest BCUT2D eigenvalue weighted by Gasteiger charge is -2.21. The summed E-state index contributed by atoms with van der Waals surface area (Å²) in [4.78, 5) is 0. The van der Waals surface area contributed by atoms with Crippen LogP contribution in [0.3, 0.4) is 0 Å². The monoisotopic (exact) mass is 275 g/mol. The summed E-state index contributed by atoms with van der Waals surface area (Å²) in [6, 6.07) is 12.4. The van der Waals surface area contributed by atoms with Gasteiger partial charge in [-0.25, -0.2) is 8.78 Å². The molecule has 106 valence electrons. The third-order valence-electron chi connectivity index (χ3n) is 3.52. The quantitative estimate of drug-likeness (QED) is 0.854. The molecule has 0 saturated heterocycles. The molecule has 0 aromatic heterocycles. The molecule has 0 bridgehead atoms. The minimum Gasteiger partial charge on any atom is -0.304 e. The van der Waals surface area contributed by atoms with Crippen molar-refractivity contribution in [2.45, 2.75) is 32.9 Å². The Labute approximate surface area is 118 Å². The van der Waals surface area contributed by atoms with Gasteiger partial charge in [0.1, 0.15) is 0 Å². The highest BCUT2D eigenvalue weighted by Gasteiger charge is 2.13. The number of benzene rings is 2. The molecule has 2 aromatic rings. The van der Waals surface area contributed by atoms with Gasteiger partial charge in [-0.3, -0.25) is 0 Å². The fourth-order valence-electron chi connectivity index (χ4n) is 2.20. The van der Waals surface area contributed by atoms with Gasteiger partial charge in [0.05, 0.1) is 0 Å². The third-order valence-corrected chi connectivity index (χ3v) is 3.52. The molecule has 0 aliphatic rings. The Balaban J connectivity index is 2.08. The predicted octanol–water partition coefficient (Wildman–Crippen LogP) is 4.69. The summed E-state index contributed by atoms with van der Waals surface area (Å²) in [6.07, 6.45) is 0. The van der Waals surface area contributed by atoms with Crippen LogP contribution in [-0.4, -0.2) is 0 Å². The van der Waals surface area contributed by atoms with E-state index in [1.54, 1.807) is 6.07 Å². The van der Waals surface area contributed by atoms with E-state index in [1.165, 1.54) is 23.3 Å². The minimum absolute atomic E-state index is 0.0543. The van der Waals surface area contributed by atoms with Crippen LogP contribution in [0.5, 0.6) is 0 Å². The largest absolute Gasteiger partial charge is 0.304 e. The average molecular weight is 275 g/mol. The Hall–Kier alpha value is -1.74. The Kier molecular flexibility index (Phi) is 4.50. The number of hydrogen-bond donors (Lipinski definition) is 1. The van der Waals surface area contributed by atoms with Crippen LogP contribution in [0.1, 0.15) is 42.6 Å². The third kappa shape index (κ3) is 3.42. The standard InChI is InChI=1S/C17H19F2N/c1-11-4-6-14(7-5-11)12(2)20-13(3)15-8-9-16(18)17(19)10-15/h4-10,12-13,20H,1-3H3/t12-,13?/m0/s1. The molecule has 0 radical (unpaired) electrons. The van der Waals surface area contributed by atoms with Gasteiger partial charge >= 0.3 is 0 Å². The molecule has 0 fully saturated rings. The molecule has 1 nitrogen and oxygen atoms in total. The van der Waals surface area contributed by atoms with Crippen LogP contribution in [0.4, 0.5) is 8.78 Å². The van der Waals surface area contributed by atoms with E-state index in [4.69, 9.17) is 0 Å². The highest BCUT2D eigenvalue weighted by Crippen LogP contribution is 2.21. The van der Waals surface area contributed by atoms with Crippen molar-refractivity contribution >= 4 is 0 Å². The van der Waals surface area contributed by atoms with Crippen molar-refractivity contribution in [3.05, 3.63) is 70.8 Å². The summed E-state index contributed by atoms with van der Waals surface area (Å²) >= 11 is 0. The van der Waals surface area contributed by atoms with Gasteiger partial charge in [-0.15, -0.1) is 0 Å². The molecule has 0 aliphatic carbocycles. The van der Waals surface area contributed by atoms with Crippen LogP contribution in [0.25, 0.3) is 0 Å². The van der Waals surface area contributed by atoms with Crippen molar-refractivity contribution < 1.29 is 8.78 Å².